The largest absolute Gasteiger partial charge is 0.490 e. The number of benzene rings is 1. The third kappa shape index (κ3) is 6.13. The standard InChI is InChI=1S/C15H22O4/c1-4-13(5-2)19-15-8-6-14(7-9-15)18-11-10-17-12(3)16/h6-9,13H,4-5,10-11H2,1-3H3. The second-order valence-electron chi connectivity index (χ2n) is 4.22. The molecule has 1 rings (SSSR count). The first kappa shape index (κ1) is 15.3. The summed E-state index contributed by atoms with van der Waals surface area (Å²) in [5, 5.41) is 0. The van der Waals surface area contributed by atoms with Crippen LogP contribution in [0, 0.1) is 0 Å². The molecule has 0 spiro atoms. The van der Waals surface area contributed by atoms with Crippen molar-refractivity contribution < 1.29 is 19.0 Å². The fourth-order valence-electron chi connectivity index (χ4n) is 1.61. The lowest BCUT2D eigenvalue weighted by atomic mass is 10.2. The third-order valence-corrected chi connectivity index (χ3v) is 2.69. The molecule has 0 aliphatic rings. The zero-order valence-electron chi connectivity index (χ0n) is 11.8. The molecule has 0 fully saturated rings. The SMILES string of the molecule is CCC(CC)Oc1ccc(OCCOC(C)=O)cc1. The van der Waals surface area contributed by atoms with Crippen LogP contribution in [0.15, 0.2) is 24.3 Å². The van der Waals surface area contributed by atoms with Crippen molar-refractivity contribution in [3.63, 3.8) is 0 Å². The van der Waals surface area contributed by atoms with Crippen LogP contribution in [0.4, 0.5) is 0 Å². The Hall–Kier alpha value is -1.71. The molecule has 0 radical (unpaired) electrons. The Morgan fingerprint density at radius 2 is 1.63 bits per heavy atom. The highest BCUT2D eigenvalue weighted by Gasteiger charge is 2.05. The summed E-state index contributed by atoms with van der Waals surface area (Å²) in [6.45, 7) is 6.22. The van der Waals surface area contributed by atoms with E-state index < -0.39 is 0 Å². The van der Waals surface area contributed by atoms with E-state index in [1.165, 1.54) is 6.92 Å². The lowest BCUT2D eigenvalue weighted by Crippen LogP contribution is -2.13. The molecule has 0 bridgehead atoms. The van der Waals surface area contributed by atoms with Gasteiger partial charge in [0, 0.05) is 6.92 Å². The average molecular weight is 266 g/mol. The quantitative estimate of drug-likeness (QED) is 0.535. The maximum atomic E-state index is 10.6. The molecule has 0 amide bonds. The molecule has 0 N–H and O–H groups in total. The van der Waals surface area contributed by atoms with E-state index in [2.05, 4.69) is 13.8 Å². The molecule has 0 aliphatic carbocycles. The van der Waals surface area contributed by atoms with E-state index in [1.807, 2.05) is 24.3 Å². The summed E-state index contributed by atoms with van der Waals surface area (Å²) < 4.78 is 16.0. The number of rotatable bonds is 8. The highest BCUT2D eigenvalue weighted by atomic mass is 16.6. The minimum absolute atomic E-state index is 0.260. The van der Waals surface area contributed by atoms with Gasteiger partial charge in [0.15, 0.2) is 0 Å². The Labute approximate surface area is 114 Å². The Morgan fingerprint density at radius 1 is 1.05 bits per heavy atom. The number of hydrogen-bond donors (Lipinski definition) is 0. The molecule has 0 atom stereocenters. The first-order valence-electron chi connectivity index (χ1n) is 6.68. The van der Waals surface area contributed by atoms with Crippen molar-refractivity contribution in [2.24, 2.45) is 0 Å². The van der Waals surface area contributed by atoms with Crippen molar-refractivity contribution in [1.82, 2.24) is 0 Å². The van der Waals surface area contributed by atoms with Crippen LogP contribution in [-0.4, -0.2) is 25.3 Å². The molecule has 0 saturated carbocycles. The number of hydrogen-bond acceptors (Lipinski definition) is 4. The number of ether oxygens (including phenoxy) is 3. The van der Waals surface area contributed by atoms with Crippen LogP contribution in [-0.2, 0) is 9.53 Å². The van der Waals surface area contributed by atoms with Crippen LogP contribution in [0.3, 0.4) is 0 Å². The van der Waals surface area contributed by atoms with E-state index in [9.17, 15) is 4.79 Å². The Morgan fingerprint density at radius 3 is 2.16 bits per heavy atom. The smallest absolute Gasteiger partial charge is 0.302 e. The highest BCUT2D eigenvalue weighted by molar-refractivity contribution is 5.65. The molecule has 4 heteroatoms. The van der Waals surface area contributed by atoms with Crippen LogP contribution in [0.25, 0.3) is 0 Å². The fraction of sp³-hybridized carbons (Fsp3) is 0.533. The van der Waals surface area contributed by atoms with Gasteiger partial charge in [0.2, 0.25) is 0 Å². The molecule has 1 aromatic rings. The number of esters is 1. The van der Waals surface area contributed by atoms with E-state index in [0.29, 0.717) is 6.61 Å². The Bertz CT molecular complexity index is 368. The first-order chi connectivity index (χ1) is 9.15. The van der Waals surface area contributed by atoms with Crippen molar-refractivity contribution in [2.75, 3.05) is 13.2 Å². The van der Waals surface area contributed by atoms with E-state index in [4.69, 9.17) is 14.2 Å². The van der Waals surface area contributed by atoms with Crippen LogP contribution >= 0.6 is 0 Å². The van der Waals surface area contributed by atoms with Crippen molar-refractivity contribution in [3.05, 3.63) is 24.3 Å². The van der Waals surface area contributed by atoms with Gasteiger partial charge < -0.3 is 14.2 Å². The molecular weight excluding hydrogens is 244 g/mol. The van der Waals surface area contributed by atoms with Gasteiger partial charge >= 0.3 is 5.97 Å². The summed E-state index contributed by atoms with van der Waals surface area (Å²) in [4.78, 5) is 10.6. The predicted octanol–water partition coefficient (Wildman–Crippen LogP) is 3.20. The van der Waals surface area contributed by atoms with Gasteiger partial charge in [0.1, 0.15) is 24.7 Å². The Balaban J connectivity index is 2.36. The maximum absolute atomic E-state index is 10.6. The molecule has 106 valence electrons. The molecule has 0 aliphatic heterocycles. The molecule has 0 saturated heterocycles. The summed E-state index contributed by atoms with van der Waals surface area (Å²) in [6, 6.07) is 7.48. The van der Waals surface area contributed by atoms with E-state index in [0.717, 1.165) is 24.3 Å². The summed E-state index contributed by atoms with van der Waals surface area (Å²) >= 11 is 0. The molecule has 0 unspecified atom stereocenters. The van der Waals surface area contributed by atoms with Crippen molar-refractivity contribution >= 4 is 5.97 Å². The molecule has 0 heterocycles. The van der Waals surface area contributed by atoms with Gasteiger partial charge in [-0.25, -0.2) is 0 Å². The van der Waals surface area contributed by atoms with Gasteiger partial charge in [-0.3, -0.25) is 4.79 Å². The second kappa shape index (κ2) is 8.40. The molecule has 4 nitrogen and oxygen atoms in total. The Kier molecular flexibility index (Phi) is 6.79. The van der Waals surface area contributed by atoms with Crippen molar-refractivity contribution in [3.8, 4) is 11.5 Å². The van der Waals surface area contributed by atoms with E-state index in [-0.39, 0.29) is 18.7 Å². The monoisotopic (exact) mass is 266 g/mol. The summed E-state index contributed by atoms with van der Waals surface area (Å²) in [7, 11) is 0. The first-order valence-corrected chi connectivity index (χ1v) is 6.68. The van der Waals surface area contributed by atoms with Crippen molar-refractivity contribution in [2.45, 2.75) is 39.7 Å². The van der Waals surface area contributed by atoms with E-state index in [1.54, 1.807) is 0 Å². The summed E-state index contributed by atoms with van der Waals surface area (Å²) in [5.41, 5.74) is 0. The van der Waals surface area contributed by atoms with Crippen LogP contribution in [0.1, 0.15) is 33.6 Å². The van der Waals surface area contributed by atoms with Crippen LogP contribution < -0.4 is 9.47 Å². The summed E-state index contributed by atoms with van der Waals surface area (Å²) in [5.74, 6) is 1.29. The number of carbonyl (C=O) groups is 1. The molecular formula is C15H22O4. The van der Waals surface area contributed by atoms with Gasteiger partial charge in [-0.1, -0.05) is 13.8 Å². The number of carbonyl (C=O) groups excluding carboxylic acids is 1. The molecule has 19 heavy (non-hydrogen) atoms. The lowest BCUT2D eigenvalue weighted by Gasteiger charge is -2.15. The third-order valence-electron chi connectivity index (χ3n) is 2.69. The zero-order valence-corrected chi connectivity index (χ0v) is 11.8. The predicted molar refractivity (Wildman–Crippen MR) is 73.6 cm³/mol. The normalized spacial score (nSPS) is 10.3. The van der Waals surface area contributed by atoms with Gasteiger partial charge in [0.05, 0.1) is 6.10 Å². The van der Waals surface area contributed by atoms with Crippen LogP contribution in [0.5, 0.6) is 11.5 Å². The minimum atomic E-state index is -0.294. The summed E-state index contributed by atoms with van der Waals surface area (Å²) in [6.07, 6.45) is 2.25. The maximum Gasteiger partial charge on any atom is 0.302 e. The topological polar surface area (TPSA) is 44.8 Å². The van der Waals surface area contributed by atoms with Gasteiger partial charge in [-0.15, -0.1) is 0 Å². The van der Waals surface area contributed by atoms with Crippen molar-refractivity contribution in [1.29, 1.82) is 0 Å². The second-order valence-corrected chi connectivity index (χ2v) is 4.22. The average Bonchev–Trinajstić information content (AvgIpc) is 2.42. The fourth-order valence-corrected chi connectivity index (χ4v) is 1.61. The molecule has 1 aromatic carbocycles. The van der Waals surface area contributed by atoms with Gasteiger partial charge in [-0.05, 0) is 37.1 Å². The lowest BCUT2D eigenvalue weighted by molar-refractivity contribution is -0.141. The van der Waals surface area contributed by atoms with E-state index >= 15 is 0 Å². The van der Waals surface area contributed by atoms with Gasteiger partial charge in [0.25, 0.3) is 0 Å². The highest BCUT2D eigenvalue weighted by Crippen LogP contribution is 2.20. The minimum Gasteiger partial charge on any atom is -0.490 e. The van der Waals surface area contributed by atoms with Crippen LogP contribution in [0.2, 0.25) is 0 Å². The zero-order chi connectivity index (χ0) is 14.1. The molecule has 0 aromatic heterocycles. The van der Waals surface area contributed by atoms with Gasteiger partial charge in [-0.2, -0.15) is 0 Å².